The summed E-state index contributed by atoms with van der Waals surface area (Å²) < 4.78 is 11.3. The first-order valence-electron chi connectivity index (χ1n) is 11.1. The number of fused-ring (bicyclic) bond motifs is 3. The van der Waals surface area contributed by atoms with Crippen LogP contribution in [0.4, 0.5) is 0 Å². The van der Waals surface area contributed by atoms with Gasteiger partial charge in [-0.25, -0.2) is 0 Å². The molecule has 180 valence electrons. The predicted octanol–water partition coefficient (Wildman–Crippen LogP) is 6.14. The molecule has 0 aliphatic rings. The van der Waals surface area contributed by atoms with Gasteiger partial charge in [0.2, 0.25) is 0 Å². The Hall–Kier alpha value is -3.19. The van der Waals surface area contributed by atoms with Gasteiger partial charge in [-0.3, -0.25) is 14.5 Å². The minimum absolute atomic E-state index is 0.167. The number of allylic oxidation sites excluding steroid dienone is 1. The molecule has 7 heteroatoms. The fourth-order valence-corrected chi connectivity index (χ4v) is 4.00. The molecular weight excluding hydrogens is 448 g/mol. The Kier molecular flexibility index (Phi) is 7.77. The molecule has 1 N–H and O–H groups in total. The van der Waals surface area contributed by atoms with Crippen molar-refractivity contribution in [3.05, 3.63) is 71.4 Å². The molecule has 3 aromatic rings. The highest BCUT2D eigenvalue weighted by Gasteiger charge is 2.26. The highest BCUT2D eigenvalue weighted by molar-refractivity contribution is 8.02. The molecule has 0 radical (unpaired) electrons. The Bertz CT molecular complexity index is 1250. The normalized spacial score (nSPS) is 13.1. The lowest BCUT2D eigenvalue weighted by Crippen LogP contribution is -2.40. The van der Waals surface area contributed by atoms with Gasteiger partial charge in [0.25, 0.3) is 5.91 Å². The maximum Gasteiger partial charge on any atom is 0.326 e. The second-order valence-electron chi connectivity index (χ2n) is 9.00. The average molecular weight is 481 g/mol. The number of thioether (sulfide) groups is 1. The summed E-state index contributed by atoms with van der Waals surface area (Å²) in [5.41, 5.74) is 2.41. The number of amides is 1. The van der Waals surface area contributed by atoms with Gasteiger partial charge in [-0.15, -0.1) is 11.8 Å². The third kappa shape index (κ3) is 5.83. The van der Waals surface area contributed by atoms with Crippen LogP contribution in [-0.2, 0) is 14.3 Å². The zero-order valence-corrected chi connectivity index (χ0v) is 21.4. The van der Waals surface area contributed by atoms with Gasteiger partial charge in [-0.05, 0) is 64.6 Å². The molecule has 0 aliphatic heterocycles. The number of furan rings is 1. The molecule has 6 nitrogen and oxygen atoms in total. The highest BCUT2D eigenvalue weighted by Crippen LogP contribution is 2.31. The smallest absolute Gasteiger partial charge is 0.326 e. The molecule has 0 bridgehead atoms. The minimum Gasteiger partial charge on any atom is -0.459 e. The van der Waals surface area contributed by atoms with Gasteiger partial charge in [-0.1, -0.05) is 36.9 Å². The van der Waals surface area contributed by atoms with Gasteiger partial charge in [-0.2, -0.15) is 0 Å². The van der Waals surface area contributed by atoms with Crippen LogP contribution in [0.1, 0.15) is 46.2 Å². The summed E-state index contributed by atoms with van der Waals surface area (Å²) in [4.78, 5) is 27.2. The van der Waals surface area contributed by atoms with E-state index in [1.807, 2.05) is 49.6 Å². The van der Waals surface area contributed by atoms with Gasteiger partial charge in [0.05, 0.1) is 10.7 Å². The number of rotatable bonds is 8. The number of nitrogens with zero attached hydrogens (tertiary/aromatic N) is 1. The SMILES string of the molecule is C=C(SC)N(CC(=O)OC(C)(C)C)C(=O)/C(=C\C)N[C@@H](C)c1ccc2oc3ccccc3c2c1. The quantitative estimate of drug-likeness (QED) is 0.308. The fourth-order valence-electron chi connectivity index (χ4n) is 3.63. The third-order valence-corrected chi connectivity index (χ3v) is 5.97. The predicted molar refractivity (Wildman–Crippen MR) is 139 cm³/mol. The number of esters is 1. The van der Waals surface area contributed by atoms with E-state index in [2.05, 4.69) is 18.0 Å². The van der Waals surface area contributed by atoms with Crippen molar-refractivity contribution in [1.82, 2.24) is 10.2 Å². The minimum atomic E-state index is -0.640. The molecule has 1 heterocycles. The fraction of sp³-hybridized carbons (Fsp3) is 0.333. The van der Waals surface area contributed by atoms with Crippen molar-refractivity contribution in [2.45, 2.75) is 46.3 Å². The van der Waals surface area contributed by atoms with E-state index in [0.717, 1.165) is 27.5 Å². The van der Waals surface area contributed by atoms with Crippen LogP contribution in [0.5, 0.6) is 0 Å². The van der Waals surface area contributed by atoms with Gasteiger partial charge in [0.1, 0.15) is 23.3 Å². The van der Waals surface area contributed by atoms with E-state index < -0.39 is 11.6 Å². The van der Waals surface area contributed by atoms with E-state index in [1.54, 1.807) is 33.8 Å². The monoisotopic (exact) mass is 480 g/mol. The number of benzene rings is 2. The van der Waals surface area contributed by atoms with Gasteiger partial charge in [0, 0.05) is 16.8 Å². The van der Waals surface area contributed by atoms with Crippen LogP contribution in [0.2, 0.25) is 0 Å². The number of carbonyl (C=O) groups excluding carboxylic acids is 2. The molecular formula is C27H32N2O4S. The van der Waals surface area contributed by atoms with Crippen molar-refractivity contribution in [1.29, 1.82) is 0 Å². The Labute approximate surface area is 205 Å². The van der Waals surface area contributed by atoms with Crippen LogP contribution in [0, 0.1) is 0 Å². The van der Waals surface area contributed by atoms with E-state index in [4.69, 9.17) is 9.15 Å². The molecule has 0 unspecified atom stereocenters. The molecule has 0 saturated carbocycles. The number of carbonyl (C=O) groups is 2. The van der Waals surface area contributed by atoms with E-state index >= 15 is 0 Å². The van der Waals surface area contributed by atoms with Crippen molar-refractivity contribution in [3.8, 4) is 0 Å². The lowest BCUT2D eigenvalue weighted by Gasteiger charge is -2.27. The molecule has 0 spiro atoms. The first-order valence-corrected chi connectivity index (χ1v) is 12.4. The summed E-state index contributed by atoms with van der Waals surface area (Å²) in [5, 5.41) is 5.85. The van der Waals surface area contributed by atoms with E-state index in [1.165, 1.54) is 16.7 Å². The molecule has 1 atom stereocenters. The summed E-state index contributed by atoms with van der Waals surface area (Å²) in [5.74, 6) is -0.828. The Balaban J connectivity index is 1.81. The maximum absolute atomic E-state index is 13.4. The summed E-state index contributed by atoms with van der Waals surface area (Å²) in [6.45, 7) is 12.9. The Morgan fingerprint density at radius 2 is 1.85 bits per heavy atom. The van der Waals surface area contributed by atoms with Crippen LogP contribution >= 0.6 is 11.8 Å². The highest BCUT2D eigenvalue weighted by atomic mass is 32.2. The number of para-hydroxylation sites is 1. The van der Waals surface area contributed by atoms with Crippen LogP contribution in [0.15, 0.2) is 70.3 Å². The zero-order valence-electron chi connectivity index (χ0n) is 20.6. The number of nitrogens with one attached hydrogen (secondary N) is 1. The van der Waals surface area contributed by atoms with Crippen molar-refractivity contribution < 1.29 is 18.7 Å². The molecule has 34 heavy (non-hydrogen) atoms. The first kappa shape index (κ1) is 25.4. The van der Waals surface area contributed by atoms with Gasteiger partial charge in [0.15, 0.2) is 0 Å². The Morgan fingerprint density at radius 1 is 1.18 bits per heavy atom. The topological polar surface area (TPSA) is 71.8 Å². The molecule has 3 rings (SSSR count). The molecule has 0 saturated heterocycles. The number of ether oxygens (including phenoxy) is 1. The Morgan fingerprint density at radius 3 is 2.50 bits per heavy atom. The third-order valence-electron chi connectivity index (χ3n) is 5.28. The summed E-state index contributed by atoms with van der Waals surface area (Å²) in [6, 6.07) is 13.8. The molecule has 0 fully saturated rings. The second-order valence-corrected chi connectivity index (χ2v) is 9.88. The van der Waals surface area contributed by atoms with E-state index in [-0.39, 0.29) is 18.5 Å². The lowest BCUT2D eigenvalue weighted by atomic mass is 10.0. The molecule has 2 aromatic carbocycles. The summed E-state index contributed by atoms with van der Waals surface area (Å²) in [7, 11) is 0. The van der Waals surface area contributed by atoms with Gasteiger partial charge < -0.3 is 14.5 Å². The van der Waals surface area contributed by atoms with Crippen molar-refractivity contribution >= 4 is 45.6 Å². The number of hydrogen-bond donors (Lipinski definition) is 1. The first-order chi connectivity index (χ1) is 16.0. The average Bonchev–Trinajstić information content (AvgIpc) is 3.16. The molecule has 0 aliphatic carbocycles. The maximum atomic E-state index is 13.4. The number of hydrogen-bond acceptors (Lipinski definition) is 6. The standard InChI is InChI=1S/C27H32N2O4S/c1-8-22(26(31)29(18(3)34-7)16-25(30)33-27(4,5)6)28-17(2)19-13-14-24-21(15-19)20-11-9-10-12-23(20)32-24/h8-15,17,28H,3,16H2,1-2,4-7H3/b22-8+/t17-/m0/s1. The van der Waals surface area contributed by atoms with Crippen LogP contribution in [-0.4, -0.2) is 35.2 Å². The second kappa shape index (κ2) is 10.4. The van der Waals surface area contributed by atoms with E-state index in [9.17, 15) is 9.59 Å². The molecule has 1 aromatic heterocycles. The zero-order chi connectivity index (χ0) is 25.0. The van der Waals surface area contributed by atoms with Gasteiger partial charge >= 0.3 is 5.97 Å². The summed E-state index contributed by atoms with van der Waals surface area (Å²) >= 11 is 1.31. The van der Waals surface area contributed by atoms with Crippen molar-refractivity contribution in [2.75, 3.05) is 12.8 Å². The van der Waals surface area contributed by atoms with Crippen LogP contribution < -0.4 is 5.32 Å². The van der Waals surface area contributed by atoms with Crippen LogP contribution in [0.25, 0.3) is 21.9 Å². The summed E-state index contributed by atoms with van der Waals surface area (Å²) in [6.07, 6.45) is 3.52. The molecule has 1 amide bonds. The largest absolute Gasteiger partial charge is 0.459 e. The van der Waals surface area contributed by atoms with Crippen LogP contribution in [0.3, 0.4) is 0 Å². The van der Waals surface area contributed by atoms with E-state index in [0.29, 0.717) is 10.7 Å². The lowest BCUT2D eigenvalue weighted by molar-refractivity contribution is -0.157. The van der Waals surface area contributed by atoms with Crippen molar-refractivity contribution in [3.63, 3.8) is 0 Å². The van der Waals surface area contributed by atoms with Crippen molar-refractivity contribution in [2.24, 2.45) is 0 Å².